The first-order chi connectivity index (χ1) is 14.5. The van der Waals surface area contributed by atoms with Crippen LogP contribution in [0.2, 0.25) is 0 Å². The number of ether oxygens (including phenoxy) is 4. The third kappa shape index (κ3) is 5.87. The first kappa shape index (κ1) is 23.0. The van der Waals surface area contributed by atoms with Gasteiger partial charge in [0.1, 0.15) is 13.3 Å². The Hall–Kier alpha value is -3.26. The number of anilines is 1. The van der Waals surface area contributed by atoms with E-state index >= 15 is 0 Å². The highest BCUT2D eigenvalue weighted by atomic mass is 16.6. The van der Waals surface area contributed by atoms with Gasteiger partial charge in [0.05, 0.1) is 32.2 Å². The topological polar surface area (TPSA) is 78.8 Å². The molecule has 0 aliphatic rings. The summed E-state index contributed by atoms with van der Waals surface area (Å²) in [4.78, 5) is 19.0. The van der Waals surface area contributed by atoms with E-state index in [1.165, 1.54) is 19.1 Å². The van der Waals surface area contributed by atoms with E-state index < -0.39 is 6.09 Å². The van der Waals surface area contributed by atoms with Gasteiger partial charge in [0.15, 0.2) is 11.5 Å². The minimum Gasteiger partial charge on any atom is -0.493 e. The van der Waals surface area contributed by atoms with Crippen LogP contribution in [0.25, 0.3) is 0 Å². The smallest absolute Gasteiger partial charge is 0.415 e. The minimum atomic E-state index is -0.523. The molecule has 0 fully saturated rings. The van der Waals surface area contributed by atoms with Gasteiger partial charge >= 0.3 is 6.09 Å². The molecule has 0 heterocycles. The zero-order valence-electron chi connectivity index (χ0n) is 18.0. The summed E-state index contributed by atoms with van der Waals surface area (Å²) in [6.07, 6.45) is -0.523. The van der Waals surface area contributed by atoms with Crippen LogP contribution in [-0.4, -0.2) is 46.5 Å². The lowest BCUT2D eigenvalue weighted by molar-refractivity contribution is 0.129. The highest BCUT2D eigenvalue weighted by Gasteiger charge is 2.19. The Labute approximate surface area is 176 Å². The molecule has 0 N–H and O–H groups in total. The summed E-state index contributed by atoms with van der Waals surface area (Å²) < 4.78 is 20.9. The number of methoxy groups -OCH3 is 3. The summed E-state index contributed by atoms with van der Waals surface area (Å²) in [5.41, 5.74) is 2.91. The van der Waals surface area contributed by atoms with Crippen molar-refractivity contribution in [3.05, 3.63) is 53.6 Å². The van der Waals surface area contributed by atoms with Crippen molar-refractivity contribution in [2.75, 3.05) is 39.6 Å². The van der Waals surface area contributed by atoms with Gasteiger partial charge in [0, 0.05) is 18.2 Å². The molecule has 0 saturated carbocycles. The molecule has 2 aromatic rings. The van der Waals surface area contributed by atoms with E-state index in [1.807, 2.05) is 50.2 Å². The Morgan fingerprint density at radius 3 is 2.50 bits per heavy atom. The second-order valence-electron chi connectivity index (χ2n) is 6.19. The van der Waals surface area contributed by atoms with Crippen molar-refractivity contribution in [1.29, 1.82) is 0 Å². The maximum atomic E-state index is 12.1. The zero-order chi connectivity index (χ0) is 21.9. The van der Waals surface area contributed by atoms with Gasteiger partial charge in [-0.2, -0.15) is 0 Å². The molecule has 8 heteroatoms. The van der Waals surface area contributed by atoms with Crippen molar-refractivity contribution in [2.24, 2.45) is 5.16 Å². The van der Waals surface area contributed by atoms with Crippen molar-refractivity contribution >= 4 is 17.5 Å². The van der Waals surface area contributed by atoms with E-state index in [1.54, 1.807) is 13.2 Å². The number of carbonyl (C=O) groups is 1. The van der Waals surface area contributed by atoms with E-state index in [-0.39, 0.29) is 13.3 Å². The van der Waals surface area contributed by atoms with E-state index in [2.05, 4.69) is 5.16 Å². The van der Waals surface area contributed by atoms with Crippen molar-refractivity contribution in [2.45, 2.75) is 20.5 Å². The van der Waals surface area contributed by atoms with Crippen molar-refractivity contribution in [3.8, 4) is 11.5 Å². The van der Waals surface area contributed by atoms with Crippen LogP contribution in [0.15, 0.2) is 47.6 Å². The molecule has 0 atom stereocenters. The number of benzene rings is 2. The largest absolute Gasteiger partial charge is 0.493 e. The lowest BCUT2D eigenvalue weighted by Crippen LogP contribution is -2.33. The molecule has 2 rings (SSSR count). The highest BCUT2D eigenvalue weighted by molar-refractivity contribution is 5.98. The molecule has 0 saturated heterocycles. The van der Waals surface area contributed by atoms with Crippen LogP contribution in [-0.2, 0) is 20.9 Å². The lowest BCUT2D eigenvalue weighted by atomic mass is 10.1. The predicted molar refractivity (Wildman–Crippen MR) is 114 cm³/mol. The molecule has 0 spiro atoms. The summed E-state index contributed by atoms with van der Waals surface area (Å²) in [6, 6.07) is 12.9. The zero-order valence-corrected chi connectivity index (χ0v) is 18.0. The van der Waals surface area contributed by atoms with Gasteiger partial charge in [-0.25, -0.2) is 4.79 Å². The van der Waals surface area contributed by atoms with Crippen molar-refractivity contribution in [1.82, 2.24) is 0 Å². The van der Waals surface area contributed by atoms with Gasteiger partial charge in [-0.05, 0) is 38.1 Å². The fourth-order valence-corrected chi connectivity index (χ4v) is 2.77. The summed E-state index contributed by atoms with van der Waals surface area (Å²) in [5, 5.41) is 4.21. The third-order valence-electron chi connectivity index (χ3n) is 4.24. The van der Waals surface area contributed by atoms with Crippen LogP contribution in [0.5, 0.6) is 11.5 Å². The average molecular weight is 416 g/mol. The van der Waals surface area contributed by atoms with E-state index in [0.29, 0.717) is 29.5 Å². The van der Waals surface area contributed by atoms with E-state index in [4.69, 9.17) is 23.8 Å². The van der Waals surface area contributed by atoms with E-state index in [0.717, 1.165) is 11.1 Å². The van der Waals surface area contributed by atoms with Crippen LogP contribution >= 0.6 is 0 Å². The molecule has 0 unspecified atom stereocenters. The quantitative estimate of drug-likeness (QED) is 0.328. The van der Waals surface area contributed by atoms with Crippen LogP contribution in [0.1, 0.15) is 25.0 Å². The number of hydrogen-bond acceptors (Lipinski definition) is 7. The minimum absolute atomic E-state index is 0.0535. The first-order valence-electron chi connectivity index (χ1n) is 9.45. The fraction of sp³-hybridized carbons (Fsp3) is 0.364. The highest BCUT2D eigenvalue weighted by Crippen LogP contribution is 2.28. The molecule has 0 radical (unpaired) electrons. The van der Waals surface area contributed by atoms with Crippen LogP contribution in [0.3, 0.4) is 0 Å². The molecule has 0 aromatic heterocycles. The van der Waals surface area contributed by atoms with Crippen LogP contribution < -0.4 is 14.4 Å². The second-order valence-corrected chi connectivity index (χ2v) is 6.19. The van der Waals surface area contributed by atoms with Crippen molar-refractivity contribution < 1.29 is 28.6 Å². The Morgan fingerprint density at radius 1 is 1.07 bits per heavy atom. The molecule has 1 amide bonds. The molecule has 162 valence electrons. The number of hydrogen-bond donors (Lipinski definition) is 0. The molecular formula is C22H28N2O6. The lowest BCUT2D eigenvalue weighted by Gasteiger charge is -2.22. The third-order valence-corrected chi connectivity index (χ3v) is 4.24. The van der Waals surface area contributed by atoms with E-state index in [9.17, 15) is 4.79 Å². The van der Waals surface area contributed by atoms with Gasteiger partial charge in [-0.15, -0.1) is 0 Å². The van der Waals surface area contributed by atoms with Crippen LogP contribution in [0, 0.1) is 0 Å². The molecule has 0 bridgehead atoms. The standard InChI is InChI=1S/C22H28N2O6/c1-6-29-20-12-11-17(13-21(20)27-4)16(2)23-30-14-18-9-7-8-10-19(18)24(15-26-3)22(25)28-5/h7-13H,6,14-15H2,1-5H3. The Kier molecular flexibility index (Phi) is 8.96. The van der Waals surface area contributed by atoms with Gasteiger partial charge in [0.2, 0.25) is 0 Å². The summed E-state index contributed by atoms with van der Waals surface area (Å²) in [5.74, 6) is 1.30. The molecule has 8 nitrogen and oxygen atoms in total. The van der Waals surface area contributed by atoms with Gasteiger partial charge in [-0.3, -0.25) is 4.90 Å². The maximum Gasteiger partial charge on any atom is 0.415 e. The number of nitrogens with zero attached hydrogens (tertiary/aromatic N) is 2. The Bertz CT molecular complexity index is 868. The summed E-state index contributed by atoms with van der Waals surface area (Å²) in [6.45, 7) is 4.53. The number of rotatable bonds is 10. The monoisotopic (exact) mass is 416 g/mol. The Morgan fingerprint density at radius 2 is 1.83 bits per heavy atom. The molecule has 30 heavy (non-hydrogen) atoms. The van der Waals surface area contributed by atoms with Gasteiger partial charge in [-0.1, -0.05) is 23.4 Å². The summed E-state index contributed by atoms with van der Waals surface area (Å²) >= 11 is 0. The maximum absolute atomic E-state index is 12.1. The van der Waals surface area contributed by atoms with Gasteiger partial charge in [0.25, 0.3) is 0 Å². The molecule has 2 aromatic carbocycles. The molecule has 0 aliphatic heterocycles. The van der Waals surface area contributed by atoms with Crippen LogP contribution in [0.4, 0.5) is 10.5 Å². The predicted octanol–water partition coefficient (Wildman–Crippen LogP) is 4.21. The Balaban J connectivity index is 2.16. The number of oxime groups is 1. The SMILES string of the molecule is CCOc1ccc(C(C)=NOCc2ccccc2N(COC)C(=O)OC)cc1OC. The number of amides is 1. The van der Waals surface area contributed by atoms with Gasteiger partial charge < -0.3 is 23.8 Å². The molecular weight excluding hydrogens is 388 g/mol. The fourth-order valence-electron chi connectivity index (χ4n) is 2.77. The average Bonchev–Trinajstić information content (AvgIpc) is 2.77. The second kappa shape index (κ2) is 11.7. The normalized spacial score (nSPS) is 11.0. The summed E-state index contributed by atoms with van der Waals surface area (Å²) in [7, 11) is 4.42. The molecule has 0 aliphatic carbocycles. The number of carbonyl (C=O) groups excluding carboxylic acids is 1. The van der Waals surface area contributed by atoms with Crippen molar-refractivity contribution in [3.63, 3.8) is 0 Å². The number of para-hydroxylation sites is 1. The first-order valence-corrected chi connectivity index (χ1v) is 9.45.